The van der Waals surface area contributed by atoms with Crippen molar-refractivity contribution in [3.63, 3.8) is 0 Å². The molecule has 0 heterocycles. The molecule has 0 aromatic heterocycles. The van der Waals surface area contributed by atoms with Crippen molar-refractivity contribution in [3.8, 4) is 11.1 Å². The molecule has 1 aliphatic carbocycles. The van der Waals surface area contributed by atoms with Gasteiger partial charge in [0.2, 0.25) is 0 Å². The first-order valence-corrected chi connectivity index (χ1v) is 6.91. The summed E-state index contributed by atoms with van der Waals surface area (Å²) in [6, 6.07) is 19.8. The smallest absolute Gasteiger partial charge is 0.0181 e. The van der Waals surface area contributed by atoms with Crippen molar-refractivity contribution in [2.45, 2.75) is 6.42 Å². The molecule has 0 saturated heterocycles. The molecule has 0 unspecified atom stereocenters. The van der Waals surface area contributed by atoms with E-state index in [2.05, 4.69) is 70.5 Å². The number of rotatable bonds is 0. The third-order valence-corrected chi connectivity index (χ3v) is 4.21. The molecule has 1 heteroatoms. The fraction of sp³-hybridized carbons (Fsp3) is 0.0588. The number of halogens is 1. The molecule has 86 valence electrons. The third kappa shape index (κ3) is 1.44. The molecule has 0 fully saturated rings. The van der Waals surface area contributed by atoms with Crippen LogP contribution in [0.25, 0.3) is 21.9 Å². The van der Waals surface area contributed by atoms with Crippen LogP contribution in [-0.4, -0.2) is 0 Å². The van der Waals surface area contributed by atoms with Crippen LogP contribution in [-0.2, 0) is 6.42 Å². The van der Waals surface area contributed by atoms with Crippen molar-refractivity contribution in [1.29, 1.82) is 0 Å². The molecule has 0 spiro atoms. The minimum Gasteiger partial charge on any atom is -0.0619 e. The molecule has 0 N–H and O–H groups in total. The van der Waals surface area contributed by atoms with Crippen LogP contribution in [0.15, 0.2) is 59.1 Å². The summed E-state index contributed by atoms with van der Waals surface area (Å²) in [5, 5.41) is 2.63. The summed E-state index contributed by atoms with van der Waals surface area (Å²) in [6.07, 6.45) is 1.06. The van der Waals surface area contributed by atoms with Crippen LogP contribution in [0.3, 0.4) is 0 Å². The van der Waals surface area contributed by atoms with E-state index < -0.39 is 0 Å². The first kappa shape index (κ1) is 10.3. The van der Waals surface area contributed by atoms with Crippen LogP contribution >= 0.6 is 15.9 Å². The summed E-state index contributed by atoms with van der Waals surface area (Å²) >= 11 is 3.54. The minimum absolute atomic E-state index is 1.06. The Labute approximate surface area is 114 Å². The highest BCUT2D eigenvalue weighted by Gasteiger charge is 2.18. The lowest BCUT2D eigenvalue weighted by molar-refractivity contribution is 1.27. The Balaban J connectivity index is 2.04. The molecule has 0 aliphatic heterocycles. The lowest BCUT2D eigenvalue weighted by Crippen LogP contribution is -1.81. The predicted octanol–water partition coefficient (Wildman–Crippen LogP) is 5.17. The van der Waals surface area contributed by atoms with Crippen LogP contribution in [0.1, 0.15) is 11.1 Å². The largest absolute Gasteiger partial charge is 0.0619 e. The SMILES string of the molecule is Brc1ccc2cc3c(cc2c1)Cc1ccccc1-3. The van der Waals surface area contributed by atoms with Gasteiger partial charge in [-0.3, -0.25) is 0 Å². The third-order valence-electron chi connectivity index (χ3n) is 3.71. The second-order valence-electron chi connectivity index (χ2n) is 4.83. The standard InChI is InChI=1S/C17H11Br/c18-15-6-5-11-10-17-14(8-13(11)9-15)7-12-3-1-2-4-16(12)17/h1-6,8-10H,7H2. The Kier molecular flexibility index (Phi) is 2.12. The second-order valence-corrected chi connectivity index (χ2v) is 5.75. The zero-order valence-corrected chi connectivity index (χ0v) is 11.4. The fourth-order valence-corrected chi connectivity index (χ4v) is 3.23. The Morgan fingerprint density at radius 2 is 1.61 bits per heavy atom. The van der Waals surface area contributed by atoms with Gasteiger partial charge < -0.3 is 0 Å². The maximum atomic E-state index is 3.54. The summed E-state index contributed by atoms with van der Waals surface area (Å²) in [7, 11) is 0. The monoisotopic (exact) mass is 294 g/mol. The normalized spacial score (nSPS) is 12.5. The molecule has 3 aromatic carbocycles. The van der Waals surface area contributed by atoms with Crippen molar-refractivity contribution in [1.82, 2.24) is 0 Å². The van der Waals surface area contributed by atoms with Gasteiger partial charge in [0.1, 0.15) is 0 Å². The zero-order valence-electron chi connectivity index (χ0n) is 9.78. The van der Waals surface area contributed by atoms with E-state index in [4.69, 9.17) is 0 Å². The Bertz CT molecular complexity index is 772. The van der Waals surface area contributed by atoms with E-state index in [9.17, 15) is 0 Å². The first-order valence-electron chi connectivity index (χ1n) is 6.12. The Hall–Kier alpha value is -1.60. The van der Waals surface area contributed by atoms with Crippen LogP contribution in [0.2, 0.25) is 0 Å². The second kappa shape index (κ2) is 3.69. The average Bonchev–Trinajstić information content (AvgIpc) is 2.73. The van der Waals surface area contributed by atoms with E-state index in [0.717, 1.165) is 10.9 Å². The van der Waals surface area contributed by atoms with Gasteiger partial charge >= 0.3 is 0 Å². The fourth-order valence-electron chi connectivity index (χ4n) is 2.86. The molecule has 0 nitrogen and oxygen atoms in total. The summed E-state index contributed by atoms with van der Waals surface area (Å²) in [5.41, 5.74) is 5.70. The molecule has 4 rings (SSSR count). The van der Waals surface area contributed by atoms with E-state index in [1.165, 1.54) is 33.0 Å². The highest BCUT2D eigenvalue weighted by Crippen LogP contribution is 2.39. The maximum absolute atomic E-state index is 3.54. The van der Waals surface area contributed by atoms with E-state index >= 15 is 0 Å². The van der Waals surface area contributed by atoms with Crippen molar-refractivity contribution >= 4 is 26.7 Å². The van der Waals surface area contributed by atoms with Gasteiger partial charge in [0.05, 0.1) is 0 Å². The van der Waals surface area contributed by atoms with Gasteiger partial charge in [-0.15, -0.1) is 0 Å². The molecule has 0 radical (unpaired) electrons. The summed E-state index contributed by atoms with van der Waals surface area (Å²) in [4.78, 5) is 0. The van der Waals surface area contributed by atoms with Crippen LogP contribution in [0.5, 0.6) is 0 Å². The van der Waals surface area contributed by atoms with Crippen molar-refractivity contribution in [2.75, 3.05) is 0 Å². The van der Waals surface area contributed by atoms with Gasteiger partial charge in [-0.1, -0.05) is 52.3 Å². The van der Waals surface area contributed by atoms with Crippen LogP contribution in [0.4, 0.5) is 0 Å². The highest BCUT2D eigenvalue weighted by atomic mass is 79.9. The number of hydrogen-bond acceptors (Lipinski definition) is 0. The van der Waals surface area contributed by atoms with Gasteiger partial charge in [0.15, 0.2) is 0 Å². The van der Waals surface area contributed by atoms with E-state index in [1.54, 1.807) is 0 Å². The molecule has 0 amide bonds. The van der Waals surface area contributed by atoms with Crippen molar-refractivity contribution in [3.05, 3.63) is 70.2 Å². The summed E-state index contributed by atoms with van der Waals surface area (Å²) < 4.78 is 1.14. The topological polar surface area (TPSA) is 0 Å². The highest BCUT2D eigenvalue weighted by molar-refractivity contribution is 9.10. The summed E-state index contributed by atoms with van der Waals surface area (Å²) in [6.45, 7) is 0. The number of fused-ring (bicyclic) bond motifs is 4. The van der Waals surface area contributed by atoms with Crippen molar-refractivity contribution in [2.24, 2.45) is 0 Å². The predicted molar refractivity (Wildman–Crippen MR) is 79.9 cm³/mol. The molecule has 18 heavy (non-hydrogen) atoms. The lowest BCUT2D eigenvalue weighted by Gasteiger charge is -2.04. The Morgan fingerprint density at radius 1 is 0.722 bits per heavy atom. The Morgan fingerprint density at radius 3 is 2.56 bits per heavy atom. The average molecular weight is 295 g/mol. The molecule has 0 atom stereocenters. The van der Waals surface area contributed by atoms with Gasteiger partial charge in [-0.25, -0.2) is 0 Å². The molecule has 0 saturated carbocycles. The number of benzene rings is 3. The molecular weight excluding hydrogens is 284 g/mol. The maximum Gasteiger partial charge on any atom is 0.0181 e. The van der Waals surface area contributed by atoms with Gasteiger partial charge in [-0.2, -0.15) is 0 Å². The first-order chi connectivity index (χ1) is 8.81. The molecule has 0 bridgehead atoms. The zero-order chi connectivity index (χ0) is 12.1. The van der Waals surface area contributed by atoms with Gasteiger partial charge in [-0.05, 0) is 57.6 Å². The quantitative estimate of drug-likeness (QED) is 0.419. The van der Waals surface area contributed by atoms with Crippen LogP contribution < -0.4 is 0 Å². The molecular formula is C17H11Br. The lowest BCUT2D eigenvalue weighted by atomic mass is 10.0. The molecule has 3 aromatic rings. The number of hydrogen-bond donors (Lipinski definition) is 0. The minimum atomic E-state index is 1.06. The van der Waals surface area contributed by atoms with Gasteiger partial charge in [0, 0.05) is 4.47 Å². The van der Waals surface area contributed by atoms with E-state index in [-0.39, 0.29) is 0 Å². The molecule has 1 aliphatic rings. The van der Waals surface area contributed by atoms with Crippen molar-refractivity contribution < 1.29 is 0 Å². The van der Waals surface area contributed by atoms with E-state index in [1.807, 2.05) is 0 Å². The summed E-state index contributed by atoms with van der Waals surface area (Å²) in [5.74, 6) is 0. The van der Waals surface area contributed by atoms with Crippen LogP contribution in [0, 0.1) is 0 Å². The van der Waals surface area contributed by atoms with E-state index in [0.29, 0.717) is 0 Å². The van der Waals surface area contributed by atoms with Gasteiger partial charge in [0.25, 0.3) is 0 Å².